The predicted molar refractivity (Wildman–Crippen MR) is 107 cm³/mol. The fourth-order valence-electron chi connectivity index (χ4n) is 3.44. The minimum Gasteiger partial charge on any atom is -0.459 e. The van der Waals surface area contributed by atoms with Crippen molar-refractivity contribution in [1.29, 1.82) is 0 Å². The van der Waals surface area contributed by atoms with E-state index in [1.165, 1.54) is 11.8 Å². The van der Waals surface area contributed by atoms with Crippen molar-refractivity contribution in [3.05, 3.63) is 60.1 Å². The molecule has 0 bridgehead atoms. The molecule has 1 aromatic carbocycles. The minimum absolute atomic E-state index is 0.0549. The number of nitrogens with one attached hydrogen (secondary N) is 2. The van der Waals surface area contributed by atoms with Crippen LogP contribution in [0, 0.1) is 0 Å². The normalized spacial score (nSPS) is 18.0. The summed E-state index contributed by atoms with van der Waals surface area (Å²) in [5.41, 5.74) is 1.33. The maximum Gasteiger partial charge on any atom is 0.287 e. The van der Waals surface area contributed by atoms with E-state index in [2.05, 4.69) is 51.7 Å². The fraction of sp³-hybridized carbons (Fsp3) is 0.429. The average molecular weight is 384 g/mol. The molecule has 0 saturated carbocycles. The molecule has 150 valence electrons. The fourth-order valence-corrected chi connectivity index (χ4v) is 3.44. The van der Waals surface area contributed by atoms with Gasteiger partial charge in [-0.3, -0.25) is 14.5 Å². The lowest BCUT2D eigenvalue weighted by atomic mass is 10.0. The number of benzene rings is 1. The molecule has 2 N–H and O–H groups in total. The molecular weight excluding hydrogens is 356 g/mol. The van der Waals surface area contributed by atoms with Crippen molar-refractivity contribution < 1.29 is 14.0 Å². The molecule has 2 heterocycles. The third kappa shape index (κ3) is 5.68. The molecule has 1 atom stereocenters. The van der Waals surface area contributed by atoms with Gasteiger partial charge in [-0.25, -0.2) is 0 Å². The first-order valence-corrected chi connectivity index (χ1v) is 9.69. The number of nitrogens with zero attached hydrogens (tertiary/aromatic N) is 2. The zero-order valence-electron chi connectivity index (χ0n) is 16.3. The Bertz CT molecular complexity index is 748. The second-order valence-electron chi connectivity index (χ2n) is 7.09. The van der Waals surface area contributed by atoms with Gasteiger partial charge >= 0.3 is 0 Å². The Labute approximate surface area is 165 Å². The van der Waals surface area contributed by atoms with Crippen LogP contribution in [0.1, 0.15) is 28.6 Å². The topological polar surface area (TPSA) is 77.8 Å². The molecule has 28 heavy (non-hydrogen) atoms. The lowest BCUT2D eigenvalue weighted by Gasteiger charge is -2.40. The molecule has 0 radical (unpaired) electrons. The summed E-state index contributed by atoms with van der Waals surface area (Å²) in [6, 6.07) is 14.1. The van der Waals surface area contributed by atoms with Gasteiger partial charge in [0.05, 0.1) is 12.8 Å². The lowest BCUT2D eigenvalue weighted by molar-refractivity contribution is -0.120. The highest BCUT2D eigenvalue weighted by Crippen LogP contribution is 2.24. The van der Waals surface area contributed by atoms with Gasteiger partial charge in [0.2, 0.25) is 5.91 Å². The molecule has 2 aromatic rings. The van der Waals surface area contributed by atoms with E-state index in [1.807, 2.05) is 6.07 Å². The molecule has 1 aromatic heterocycles. The van der Waals surface area contributed by atoms with E-state index in [1.54, 1.807) is 12.1 Å². The second-order valence-corrected chi connectivity index (χ2v) is 7.09. The van der Waals surface area contributed by atoms with E-state index in [-0.39, 0.29) is 24.1 Å². The maximum atomic E-state index is 11.9. The van der Waals surface area contributed by atoms with Crippen LogP contribution < -0.4 is 10.6 Å². The summed E-state index contributed by atoms with van der Waals surface area (Å²) >= 11 is 0. The first kappa shape index (κ1) is 20.1. The number of carbonyl (C=O) groups excluding carboxylic acids is 2. The highest BCUT2D eigenvalue weighted by molar-refractivity contribution is 5.94. The molecule has 2 amide bonds. The Morgan fingerprint density at radius 3 is 2.68 bits per heavy atom. The molecule has 1 aliphatic rings. The molecule has 7 nitrogen and oxygen atoms in total. The highest BCUT2D eigenvalue weighted by atomic mass is 16.3. The number of furan rings is 1. The highest BCUT2D eigenvalue weighted by Gasteiger charge is 2.25. The van der Waals surface area contributed by atoms with Gasteiger partial charge in [-0.2, -0.15) is 0 Å². The van der Waals surface area contributed by atoms with Gasteiger partial charge in [-0.15, -0.1) is 0 Å². The van der Waals surface area contributed by atoms with Crippen molar-refractivity contribution >= 4 is 11.8 Å². The SMILES string of the molecule is CN1CCN(CCCNC(=O)CNC(=O)c2ccco2)[C@@H](c2ccccc2)C1. The standard InChI is InChI=1S/C21H28N4O3/c1-24-12-13-25(18(16-24)17-7-3-2-4-8-17)11-6-10-22-20(26)15-23-21(27)19-9-5-14-28-19/h2-5,7-9,14,18H,6,10-13,15-16H2,1H3,(H,22,26)(H,23,27)/t18-/m1/s1. The second kappa shape index (κ2) is 10.1. The minimum atomic E-state index is -0.386. The summed E-state index contributed by atoms with van der Waals surface area (Å²) in [7, 11) is 2.16. The molecule has 0 spiro atoms. The first-order chi connectivity index (χ1) is 13.6. The van der Waals surface area contributed by atoms with Crippen LogP contribution in [0.3, 0.4) is 0 Å². The summed E-state index contributed by atoms with van der Waals surface area (Å²) in [6.07, 6.45) is 2.29. The quantitative estimate of drug-likeness (QED) is 0.675. The van der Waals surface area contributed by atoms with Crippen LogP contribution in [0.15, 0.2) is 53.1 Å². The van der Waals surface area contributed by atoms with Crippen LogP contribution in [0.4, 0.5) is 0 Å². The molecule has 1 aliphatic heterocycles. The van der Waals surface area contributed by atoms with E-state index in [0.29, 0.717) is 12.6 Å². The third-order valence-corrected chi connectivity index (χ3v) is 4.98. The number of piperazine rings is 1. The van der Waals surface area contributed by atoms with E-state index in [4.69, 9.17) is 4.42 Å². The van der Waals surface area contributed by atoms with Gasteiger partial charge in [0.15, 0.2) is 5.76 Å². The summed E-state index contributed by atoms with van der Waals surface area (Å²) in [5, 5.41) is 5.41. The van der Waals surface area contributed by atoms with Crippen molar-refractivity contribution in [2.45, 2.75) is 12.5 Å². The largest absolute Gasteiger partial charge is 0.459 e. The van der Waals surface area contributed by atoms with Crippen molar-refractivity contribution in [3.8, 4) is 0 Å². The number of hydrogen-bond donors (Lipinski definition) is 2. The summed E-state index contributed by atoms with van der Waals surface area (Å²) in [5.74, 6) is -0.379. The van der Waals surface area contributed by atoms with Crippen LogP contribution in [0.2, 0.25) is 0 Å². The Kier molecular flexibility index (Phi) is 7.22. The number of carbonyl (C=O) groups is 2. The monoisotopic (exact) mass is 384 g/mol. The third-order valence-electron chi connectivity index (χ3n) is 4.98. The maximum absolute atomic E-state index is 11.9. The van der Waals surface area contributed by atoms with Gasteiger partial charge < -0.3 is 20.0 Å². The predicted octanol–water partition coefficient (Wildman–Crippen LogP) is 1.50. The molecule has 7 heteroatoms. The van der Waals surface area contributed by atoms with Gasteiger partial charge in [0, 0.05) is 38.8 Å². The lowest BCUT2D eigenvalue weighted by Crippen LogP contribution is -2.47. The number of likely N-dealkylation sites (N-methyl/N-ethyl adjacent to an activating group) is 1. The Morgan fingerprint density at radius 2 is 1.93 bits per heavy atom. The molecule has 0 unspecified atom stereocenters. The molecule has 1 fully saturated rings. The Morgan fingerprint density at radius 1 is 1.11 bits per heavy atom. The first-order valence-electron chi connectivity index (χ1n) is 9.69. The van der Waals surface area contributed by atoms with Gasteiger partial charge in [0.25, 0.3) is 5.91 Å². The summed E-state index contributed by atoms with van der Waals surface area (Å²) in [6.45, 7) is 4.53. The molecule has 0 aliphatic carbocycles. The smallest absolute Gasteiger partial charge is 0.287 e. The number of rotatable bonds is 8. The Balaban J connectivity index is 1.38. The zero-order chi connectivity index (χ0) is 19.8. The Hall–Kier alpha value is -2.64. The number of amides is 2. The van der Waals surface area contributed by atoms with E-state index in [9.17, 15) is 9.59 Å². The molecule has 3 rings (SSSR count). The van der Waals surface area contributed by atoms with Crippen molar-refractivity contribution in [2.75, 3.05) is 46.3 Å². The van der Waals surface area contributed by atoms with Crippen LogP contribution in [0.5, 0.6) is 0 Å². The van der Waals surface area contributed by atoms with Crippen LogP contribution in [0.25, 0.3) is 0 Å². The van der Waals surface area contributed by atoms with Gasteiger partial charge in [-0.1, -0.05) is 30.3 Å². The van der Waals surface area contributed by atoms with Crippen LogP contribution in [-0.4, -0.2) is 67.9 Å². The summed E-state index contributed by atoms with van der Waals surface area (Å²) < 4.78 is 4.99. The average Bonchev–Trinajstić information content (AvgIpc) is 3.26. The number of hydrogen-bond acceptors (Lipinski definition) is 5. The zero-order valence-corrected chi connectivity index (χ0v) is 16.3. The molecular formula is C21H28N4O3. The van der Waals surface area contributed by atoms with E-state index in [0.717, 1.165) is 32.6 Å². The molecule has 1 saturated heterocycles. The van der Waals surface area contributed by atoms with Crippen LogP contribution in [-0.2, 0) is 4.79 Å². The van der Waals surface area contributed by atoms with Crippen molar-refractivity contribution in [3.63, 3.8) is 0 Å². The van der Waals surface area contributed by atoms with Crippen molar-refractivity contribution in [1.82, 2.24) is 20.4 Å². The van der Waals surface area contributed by atoms with E-state index >= 15 is 0 Å². The summed E-state index contributed by atoms with van der Waals surface area (Å²) in [4.78, 5) is 28.5. The van der Waals surface area contributed by atoms with Gasteiger partial charge in [0.1, 0.15) is 0 Å². The van der Waals surface area contributed by atoms with Crippen LogP contribution >= 0.6 is 0 Å². The van der Waals surface area contributed by atoms with Gasteiger partial charge in [-0.05, 0) is 31.2 Å². The van der Waals surface area contributed by atoms with E-state index < -0.39 is 0 Å². The van der Waals surface area contributed by atoms with Crippen molar-refractivity contribution in [2.24, 2.45) is 0 Å².